The van der Waals surface area contributed by atoms with E-state index >= 15 is 0 Å². The van der Waals surface area contributed by atoms with Gasteiger partial charge in [-0.15, -0.1) is 0 Å². The topological polar surface area (TPSA) is 81.9 Å². The molecule has 1 aromatic carbocycles. The first-order valence-electron chi connectivity index (χ1n) is 7.03. The summed E-state index contributed by atoms with van der Waals surface area (Å²) in [6, 6.07) is 6.74. The summed E-state index contributed by atoms with van der Waals surface area (Å²) in [5.41, 5.74) is 14.1. The van der Waals surface area contributed by atoms with Crippen molar-refractivity contribution in [3.05, 3.63) is 46.6 Å². The maximum Gasteiger partial charge on any atom is 0.126 e. The number of aryl methyl sites for hydroxylation is 3. The number of hydrazine groups is 1. The van der Waals surface area contributed by atoms with Gasteiger partial charge in [0.25, 0.3) is 0 Å². The van der Waals surface area contributed by atoms with Gasteiger partial charge >= 0.3 is 0 Å². The molecule has 0 fully saturated rings. The molecule has 1 heterocycles. The van der Waals surface area contributed by atoms with Crippen molar-refractivity contribution in [2.45, 2.75) is 31.7 Å². The van der Waals surface area contributed by atoms with E-state index in [-0.39, 0.29) is 6.04 Å². The summed E-state index contributed by atoms with van der Waals surface area (Å²) in [7, 11) is 1.84. The van der Waals surface area contributed by atoms with Crippen molar-refractivity contribution in [3.63, 3.8) is 0 Å². The van der Waals surface area contributed by atoms with E-state index in [0.29, 0.717) is 5.82 Å². The molecule has 5 N–H and O–H groups in total. The van der Waals surface area contributed by atoms with Crippen molar-refractivity contribution in [1.82, 2.24) is 15.2 Å². The van der Waals surface area contributed by atoms with Gasteiger partial charge in [-0.05, 0) is 42.4 Å². The summed E-state index contributed by atoms with van der Waals surface area (Å²) in [6.45, 7) is 0. The van der Waals surface area contributed by atoms with Crippen molar-refractivity contribution in [3.8, 4) is 0 Å². The molecule has 5 heteroatoms. The minimum absolute atomic E-state index is 0.0110. The lowest BCUT2D eigenvalue weighted by atomic mass is 9.98. The molecule has 0 radical (unpaired) electrons. The first-order chi connectivity index (χ1) is 9.69. The number of rotatable bonds is 4. The smallest absolute Gasteiger partial charge is 0.126 e. The van der Waals surface area contributed by atoms with Gasteiger partial charge < -0.3 is 5.73 Å². The van der Waals surface area contributed by atoms with Crippen molar-refractivity contribution in [2.75, 3.05) is 5.73 Å². The van der Waals surface area contributed by atoms with Gasteiger partial charge in [0, 0.05) is 12.6 Å². The van der Waals surface area contributed by atoms with Crippen LogP contribution in [0.1, 0.15) is 34.7 Å². The minimum atomic E-state index is -0.0110. The van der Waals surface area contributed by atoms with Gasteiger partial charge in [0.1, 0.15) is 5.82 Å². The highest BCUT2D eigenvalue weighted by atomic mass is 15.3. The van der Waals surface area contributed by atoms with Gasteiger partial charge in [-0.3, -0.25) is 16.0 Å². The Hall–Kier alpha value is -1.85. The van der Waals surface area contributed by atoms with Crippen LogP contribution >= 0.6 is 0 Å². The molecule has 0 spiro atoms. The van der Waals surface area contributed by atoms with Crippen LogP contribution in [0.15, 0.2) is 24.4 Å². The maximum absolute atomic E-state index is 6.03. The highest BCUT2D eigenvalue weighted by molar-refractivity contribution is 5.42. The fraction of sp³-hybridized carbons (Fsp3) is 0.400. The Bertz CT molecular complexity index is 617. The van der Waals surface area contributed by atoms with E-state index in [1.165, 1.54) is 36.0 Å². The molecule has 1 aromatic heterocycles. The Morgan fingerprint density at radius 3 is 2.85 bits per heavy atom. The van der Waals surface area contributed by atoms with Gasteiger partial charge in [0.05, 0.1) is 12.2 Å². The third-order valence-electron chi connectivity index (χ3n) is 4.19. The number of hydrogen-bond donors (Lipinski definition) is 3. The molecule has 0 aliphatic heterocycles. The average Bonchev–Trinajstić information content (AvgIpc) is 3.04. The predicted octanol–water partition coefficient (Wildman–Crippen LogP) is 1.24. The van der Waals surface area contributed by atoms with Gasteiger partial charge in [0.2, 0.25) is 0 Å². The monoisotopic (exact) mass is 271 g/mol. The molecule has 106 valence electrons. The molecule has 1 aliphatic carbocycles. The lowest BCUT2D eigenvalue weighted by Gasteiger charge is -2.16. The van der Waals surface area contributed by atoms with Gasteiger partial charge in [-0.2, -0.15) is 5.10 Å². The van der Waals surface area contributed by atoms with E-state index < -0.39 is 0 Å². The fourth-order valence-electron chi connectivity index (χ4n) is 2.98. The third-order valence-corrected chi connectivity index (χ3v) is 4.19. The number of benzene rings is 1. The Balaban J connectivity index is 1.83. The maximum atomic E-state index is 6.03. The Morgan fingerprint density at radius 2 is 2.15 bits per heavy atom. The summed E-state index contributed by atoms with van der Waals surface area (Å²) in [5, 5.41) is 4.18. The lowest BCUT2D eigenvalue weighted by Crippen LogP contribution is -2.30. The number of aromatic nitrogens is 2. The average molecular weight is 271 g/mol. The molecule has 2 aromatic rings. The summed E-state index contributed by atoms with van der Waals surface area (Å²) in [4.78, 5) is 0. The van der Waals surface area contributed by atoms with Crippen molar-refractivity contribution >= 4 is 5.82 Å². The highest BCUT2D eigenvalue weighted by Crippen LogP contribution is 2.26. The zero-order valence-electron chi connectivity index (χ0n) is 11.8. The second kappa shape index (κ2) is 5.26. The zero-order valence-corrected chi connectivity index (χ0v) is 11.8. The van der Waals surface area contributed by atoms with E-state index in [9.17, 15) is 0 Å². The number of hydrogen-bond acceptors (Lipinski definition) is 4. The largest absolute Gasteiger partial charge is 0.384 e. The normalized spacial score (nSPS) is 15.3. The molecular weight excluding hydrogens is 250 g/mol. The first-order valence-corrected chi connectivity index (χ1v) is 7.03. The quantitative estimate of drug-likeness (QED) is 0.577. The zero-order chi connectivity index (χ0) is 14.1. The molecule has 0 bridgehead atoms. The van der Waals surface area contributed by atoms with E-state index in [1.807, 2.05) is 7.05 Å². The van der Waals surface area contributed by atoms with E-state index in [1.54, 1.807) is 10.9 Å². The molecule has 1 unspecified atom stereocenters. The Morgan fingerprint density at radius 1 is 1.35 bits per heavy atom. The van der Waals surface area contributed by atoms with Gasteiger partial charge in [0.15, 0.2) is 0 Å². The SMILES string of the molecule is Cn1ncc(C(Cc2ccc3c(c2)CCC3)NN)c1N. The van der Waals surface area contributed by atoms with Crippen LogP contribution in [-0.2, 0) is 26.3 Å². The molecule has 3 rings (SSSR count). The molecule has 0 saturated carbocycles. The minimum Gasteiger partial charge on any atom is -0.384 e. The number of nitrogen functional groups attached to an aromatic ring is 1. The van der Waals surface area contributed by atoms with E-state index in [0.717, 1.165) is 12.0 Å². The van der Waals surface area contributed by atoms with Crippen LogP contribution in [0.5, 0.6) is 0 Å². The second-order valence-corrected chi connectivity index (χ2v) is 5.49. The molecule has 5 nitrogen and oxygen atoms in total. The number of nitrogens with two attached hydrogens (primary N) is 2. The van der Waals surface area contributed by atoms with Gasteiger partial charge in [-0.1, -0.05) is 18.2 Å². The summed E-state index contributed by atoms with van der Waals surface area (Å²) in [5.74, 6) is 6.36. The van der Waals surface area contributed by atoms with Gasteiger partial charge in [-0.25, -0.2) is 0 Å². The molecule has 20 heavy (non-hydrogen) atoms. The first kappa shape index (κ1) is 13.1. The van der Waals surface area contributed by atoms with Crippen molar-refractivity contribution in [2.24, 2.45) is 12.9 Å². The van der Waals surface area contributed by atoms with Crippen LogP contribution in [0.2, 0.25) is 0 Å². The molecule has 1 aliphatic rings. The molecule has 1 atom stereocenters. The Labute approximate surface area is 118 Å². The summed E-state index contributed by atoms with van der Waals surface area (Å²) >= 11 is 0. The number of nitrogens with one attached hydrogen (secondary N) is 1. The number of anilines is 1. The van der Waals surface area contributed by atoms with Crippen LogP contribution in [-0.4, -0.2) is 9.78 Å². The lowest BCUT2D eigenvalue weighted by molar-refractivity contribution is 0.553. The van der Waals surface area contributed by atoms with Crippen LogP contribution in [0.3, 0.4) is 0 Å². The standard InChI is InChI=1S/C15H21N5/c1-20-15(16)13(9-18-20)14(19-17)8-10-5-6-11-3-2-4-12(11)7-10/h5-7,9,14,19H,2-4,8,16-17H2,1H3. The molecule has 0 saturated heterocycles. The molecular formula is C15H21N5. The number of fused-ring (bicyclic) bond motifs is 1. The number of nitrogens with zero attached hydrogens (tertiary/aromatic N) is 2. The van der Waals surface area contributed by atoms with Crippen LogP contribution < -0.4 is 17.0 Å². The van der Waals surface area contributed by atoms with E-state index in [2.05, 4.69) is 28.7 Å². The Kier molecular flexibility index (Phi) is 3.46. The highest BCUT2D eigenvalue weighted by Gasteiger charge is 2.18. The second-order valence-electron chi connectivity index (χ2n) is 5.49. The van der Waals surface area contributed by atoms with E-state index in [4.69, 9.17) is 11.6 Å². The van der Waals surface area contributed by atoms with Crippen LogP contribution in [0, 0.1) is 0 Å². The third kappa shape index (κ3) is 2.30. The van der Waals surface area contributed by atoms with Crippen molar-refractivity contribution < 1.29 is 0 Å². The molecule has 0 amide bonds. The van der Waals surface area contributed by atoms with Crippen LogP contribution in [0.25, 0.3) is 0 Å². The predicted molar refractivity (Wildman–Crippen MR) is 79.9 cm³/mol. The fourth-order valence-corrected chi connectivity index (χ4v) is 2.98. The van der Waals surface area contributed by atoms with Crippen molar-refractivity contribution in [1.29, 1.82) is 0 Å². The van der Waals surface area contributed by atoms with Crippen LogP contribution in [0.4, 0.5) is 5.82 Å². The summed E-state index contributed by atoms with van der Waals surface area (Å²) in [6.07, 6.45) is 6.28. The summed E-state index contributed by atoms with van der Waals surface area (Å²) < 4.78 is 1.67.